The summed E-state index contributed by atoms with van der Waals surface area (Å²) < 4.78 is 1.05. The van der Waals surface area contributed by atoms with Crippen LogP contribution in [-0.4, -0.2) is 12.2 Å². The first-order valence-corrected chi connectivity index (χ1v) is 7.03. The molecule has 2 aromatic carbocycles. The molecule has 0 amide bonds. The van der Waals surface area contributed by atoms with Crippen molar-refractivity contribution in [1.29, 1.82) is 5.26 Å². The minimum Gasteiger partial charge on any atom is -0.392 e. The molecule has 0 heterocycles. The molecule has 1 N–H and O–H groups in total. The van der Waals surface area contributed by atoms with Gasteiger partial charge in [-0.15, -0.1) is 0 Å². The zero-order chi connectivity index (χ0) is 14.5. The molecule has 4 heteroatoms. The third kappa shape index (κ3) is 3.19. The van der Waals surface area contributed by atoms with E-state index in [-0.39, 0.29) is 6.61 Å². The fourth-order valence-electron chi connectivity index (χ4n) is 2.07. The number of aliphatic hydroxyl groups is 1. The summed E-state index contributed by atoms with van der Waals surface area (Å²) in [6, 6.07) is 15.7. The fraction of sp³-hybridized carbons (Fsp3) is 0.188. The first-order valence-electron chi connectivity index (χ1n) is 6.24. The van der Waals surface area contributed by atoms with Crippen molar-refractivity contribution >= 4 is 21.6 Å². The second kappa shape index (κ2) is 6.56. The number of nitriles is 1. The Morgan fingerprint density at radius 2 is 2.00 bits per heavy atom. The maximum absolute atomic E-state index is 9.24. The Morgan fingerprint density at radius 3 is 2.65 bits per heavy atom. The molecule has 0 saturated carbocycles. The van der Waals surface area contributed by atoms with Crippen molar-refractivity contribution in [2.24, 2.45) is 0 Å². The van der Waals surface area contributed by atoms with Gasteiger partial charge in [0.05, 0.1) is 17.9 Å². The predicted octanol–water partition coefficient (Wildman–Crippen LogP) is 3.45. The number of hydrogen-bond acceptors (Lipinski definition) is 3. The van der Waals surface area contributed by atoms with Gasteiger partial charge in [0.15, 0.2) is 0 Å². The first kappa shape index (κ1) is 14.6. The standard InChI is InChI=1S/C16H15BrN2O/c1-19(10-13-4-2-3-5-15(13)17)16-7-6-12(11-20)8-14(16)9-18/h2-8,20H,10-11H2,1H3. The Hall–Kier alpha value is -1.83. The summed E-state index contributed by atoms with van der Waals surface area (Å²) in [6.45, 7) is 0.650. The van der Waals surface area contributed by atoms with E-state index in [4.69, 9.17) is 5.11 Å². The molecular weight excluding hydrogens is 316 g/mol. The van der Waals surface area contributed by atoms with Crippen LogP contribution in [0.5, 0.6) is 0 Å². The van der Waals surface area contributed by atoms with Crippen LogP contribution in [0.3, 0.4) is 0 Å². The van der Waals surface area contributed by atoms with Gasteiger partial charge in [-0.3, -0.25) is 0 Å². The highest BCUT2D eigenvalue weighted by Gasteiger charge is 2.10. The van der Waals surface area contributed by atoms with Gasteiger partial charge in [0.25, 0.3) is 0 Å². The van der Waals surface area contributed by atoms with Crippen LogP contribution >= 0.6 is 15.9 Å². The van der Waals surface area contributed by atoms with E-state index in [0.29, 0.717) is 12.1 Å². The lowest BCUT2D eigenvalue weighted by Gasteiger charge is -2.21. The monoisotopic (exact) mass is 330 g/mol. The van der Waals surface area contributed by atoms with Crippen LogP contribution in [0.4, 0.5) is 5.69 Å². The topological polar surface area (TPSA) is 47.3 Å². The zero-order valence-electron chi connectivity index (χ0n) is 11.2. The van der Waals surface area contributed by atoms with Crippen molar-refractivity contribution in [3.63, 3.8) is 0 Å². The van der Waals surface area contributed by atoms with Crippen molar-refractivity contribution in [1.82, 2.24) is 0 Å². The Morgan fingerprint density at radius 1 is 1.25 bits per heavy atom. The van der Waals surface area contributed by atoms with Gasteiger partial charge in [-0.2, -0.15) is 5.26 Å². The molecule has 0 bridgehead atoms. The summed E-state index contributed by atoms with van der Waals surface area (Å²) >= 11 is 3.53. The summed E-state index contributed by atoms with van der Waals surface area (Å²) in [5.74, 6) is 0. The number of rotatable bonds is 4. The predicted molar refractivity (Wildman–Crippen MR) is 83.3 cm³/mol. The molecule has 0 radical (unpaired) electrons. The van der Waals surface area contributed by atoms with Gasteiger partial charge in [0.1, 0.15) is 6.07 Å². The highest BCUT2D eigenvalue weighted by atomic mass is 79.9. The number of hydrogen-bond donors (Lipinski definition) is 1. The van der Waals surface area contributed by atoms with Crippen LogP contribution in [0.1, 0.15) is 16.7 Å². The maximum Gasteiger partial charge on any atom is 0.101 e. The molecule has 2 rings (SSSR count). The minimum atomic E-state index is -0.0527. The minimum absolute atomic E-state index is 0.0527. The molecule has 0 aliphatic carbocycles. The van der Waals surface area contributed by atoms with Crippen LogP contribution < -0.4 is 4.90 Å². The van der Waals surface area contributed by atoms with E-state index in [9.17, 15) is 5.26 Å². The molecule has 0 aliphatic rings. The average Bonchev–Trinajstić information content (AvgIpc) is 2.48. The van der Waals surface area contributed by atoms with E-state index >= 15 is 0 Å². The molecule has 0 saturated heterocycles. The van der Waals surface area contributed by atoms with Crippen LogP contribution in [0, 0.1) is 11.3 Å². The van der Waals surface area contributed by atoms with Crippen LogP contribution in [0.25, 0.3) is 0 Å². The van der Waals surface area contributed by atoms with Gasteiger partial charge >= 0.3 is 0 Å². The van der Waals surface area contributed by atoms with E-state index < -0.39 is 0 Å². The second-order valence-electron chi connectivity index (χ2n) is 4.57. The normalized spacial score (nSPS) is 10.1. The Bertz CT molecular complexity index is 649. The van der Waals surface area contributed by atoms with Crippen molar-refractivity contribution < 1.29 is 5.11 Å². The third-order valence-electron chi connectivity index (χ3n) is 3.14. The van der Waals surface area contributed by atoms with E-state index in [1.807, 2.05) is 42.3 Å². The van der Waals surface area contributed by atoms with E-state index in [2.05, 4.69) is 28.1 Å². The third-order valence-corrected chi connectivity index (χ3v) is 3.91. The molecule has 3 nitrogen and oxygen atoms in total. The summed E-state index contributed by atoms with van der Waals surface area (Å²) in [5, 5.41) is 18.4. The molecule has 20 heavy (non-hydrogen) atoms. The van der Waals surface area contributed by atoms with E-state index in [1.54, 1.807) is 6.07 Å². The smallest absolute Gasteiger partial charge is 0.101 e. The number of halogens is 1. The Labute approximate surface area is 127 Å². The summed E-state index contributed by atoms with van der Waals surface area (Å²) in [5.41, 5.74) is 3.34. The lowest BCUT2D eigenvalue weighted by atomic mass is 10.1. The van der Waals surface area contributed by atoms with Gasteiger partial charge < -0.3 is 10.0 Å². The van der Waals surface area contributed by atoms with Gasteiger partial charge in [0.2, 0.25) is 0 Å². The Balaban J connectivity index is 2.28. The van der Waals surface area contributed by atoms with E-state index in [0.717, 1.165) is 21.3 Å². The molecule has 2 aromatic rings. The van der Waals surface area contributed by atoms with Crippen LogP contribution in [0.15, 0.2) is 46.9 Å². The highest BCUT2D eigenvalue weighted by Crippen LogP contribution is 2.24. The van der Waals surface area contributed by atoms with Crippen molar-refractivity contribution in [2.75, 3.05) is 11.9 Å². The fourth-order valence-corrected chi connectivity index (χ4v) is 2.48. The van der Waals surface area contributed by atoms with Crippen molar-refractivity contribution in [3.05, 3.63) is 63.6 Å². The largest absolute Gasteiger partial charge is 0.392 e. The molecule has 102 valence electrons. The van der Waals surface area contributed by atoms with Gasteiger partial charge in [0, 0.05) is 18.1 Å². The summed E-state index contributed by atoms with van der Waals surface area (Å²) in [7, 11) is 1.95. The second-order valence-corrected chi connectivity index (χ2v) is 5.42. The number of anilines is 1. The number of nitrogens with zero attached hydrogens (tertiary/aromatic N) is 2. The quantitative estimate of drug-likeness (QED) is 0.933. The summed E-state index contributed by atoms with van der Waals surface area (Å²) in [4.78, 5) is 2.03. The average molecular weight is 331 g/mol. The maximum atomic E-state index is 9.24. The molecule has 0 fully saturated rings. The van der Waals surface area contributed by atoms with Crippen molar-refractivity contribution in [2.45, 2.75) is 13.2 Å². The molecular formula is C16H15BrN2O. The van der Waals surface area contributed by atoms with E-state index in [1.165, 1.54) is 0 Å². The molecule has 0 aromatic heterocycles. The van der Waals surface area contributed by atoms with Gasteiger partial charge in [-0.1, -0.05) is 40.2 Å². The number of benzene rings is 2. The molecule has 0 unspecified atom stereocenters. The lowest BCUT2D eigenvalue weighted by molar-refractivity contribution is 0.282. The lowest BCUT2D eigenvalue weighted by Crippen LogP contribution is -2.18. The first-order chi connectivity index (χ1) is 9.65. The SMILES string of the molecule is CN(Cc1ccccc1Br)c1ccc(CO)cc1C#N. The number of aliphatic hydroxyl groups excluding tert-OH is 1. The van der Waals surface area contributed by atoms with Crippen LogP contribution in [-0.2, 0) is 13.2 Å². The molecule has 0 spiro atoms. The van der Waals surface area contributed by atoms with Crippen LogP contribution in [0.2, 0.25) is 0 Å². The summed E-state index contributed by atoms with van der Waals surface area (Å²) in [6.07, 6.45) is 0. The zero-order valence-corrected chi connectivity index (χ0v) is 12.8. The molecule has 0 aliphatic heterocycles. The molecule has 0 atom stereocenters. The van der Waals surface area contributed by atoms with Gasteiger partial charge in [-0.05, 0) is 29.3 Å². The van der Waals surface area contributed by atoms with Crippen molar-refractivity contribution in [3.8, 4) is 6.07 Å². The van der Waals surface area contributed by atoms with Gasteiger partial charge in [-0.25, -0.2) is 0 Å². The highest BCUT2D eigenvalue weighted by molar-refractivity contribution is 9.10. The Kier molecular flexibility index (Phi) is 4.78.